The Morgan fingerprint density at radius 1 is 1.38 bits per heavy atom. The maximum Gasteiger partial charge on any atom is 0.320 e. The van der Waals surface area contributed by atoms with Gasteiger partial charge in [-0.25, -0.2) is 9.48 Å². The number of para-hydroxylation sites is 1. The van der Waals surface area contributed by atoms with Gasteiger partial charge in [-0.1, -0.05) is 32.0 Å². The van der Waals surface area contributed by atoms with E-state index in [0.717, 1.165) is 29.9 Å². The summed E-state index contributed by atoms with van der Waals surface area (Å²) in [4.78, 5) is 24.4. The molecule has 0 spiro atoms. The van der Waals surface area contributed by atoms with Gasteiger partial charge in [-0.3, -0.25) is 10.1 Å². The SMILES string of the molecule is Cc1cc(NC(=O)N[C@@H]2CC(=O)Nc3ccccc32)n(CCC(C)C)n1. The highest BCUT2D eigenvalue weighted by Gasteiger charge is 2.26. The van der Waals surface area contributed by atoms with Crippen LogP contribution in [0.25, 0.3) is 0 Å². The molecule has 1 aromatic heterocycles. The van der Waals surface area contributed by atoms with E-state index in [2.05, 4.69) is 34.9 Å². The first-order valence-electron chi connectivity index (χ1n) is 8.93. The van der Waals surface area contributed by atoms with Crippen LogP contribution in [0.4, 0.5) is 16.3 Å². The fourth-order valence-electron chi connectivity index (χ4n) is 3.05. The van der Waals surface area contributed by atoms with Crippen LogP contribution < -0.4 is 16.0 Å². The second-order valence-corrected chi connectivity index (χ2v) is 7.07. The molecule has 0 aliphatic carbocycles. The zero-order chi connectivity index (χ0) is 18.7. The van der Waals surface area contributed by atoms with Crippen molar-refractivity contribution in [1.29, 1.82) is 0 Å². The minimum absolute atomic E-state index is 0.105. The highest BCUT2D eigenvalue weighted by atomic mass is 16.2. The van der Waals surface area contributed by atoms with E-state index in [1.807, 2.05) is 41.9 Å². The molecule has 1 atom stereocenters. The Balaban J connectivity index is 1.69. The lowest BCUT2D eigenvalue weighted by atomic mass is 9.97. The Hall–Kier alpha value is -2.83. The fraction of sp³-hybridized carbons (Fsp3) is 0.421. The number of benzene rings is 1. The summed E-state index contributed by atoms with van der Waals surface area (Å²) < 4.78 is 1.82. The summed E-state index contributed by atoms with van der Waals surface area (Å²) in [5.74, 6) is 1.11. The van der Waals surface area contributed by atoms with Crippen LogP contribution in [0.3, 0.4) is 0 Å². The van der Waals surface area contributed by atoms with Gasteiger partial charge < -0.3 is 10.6 Å². The average molecular weight is 355 g/mol. The average Bonchev–Trinajstić information content (AvgIpc) is 2.92. The third-order valence-corrected chi connectivity index (χ3v) is 4.37. The first-order chi connectivity index (χ1) is 12.4. The Kier molecular flexibility index (Phi) is 5.25. The number of hydrogen-bond acceptors (Lipinski definition) is 3. The molecule has 0 fully saturated rings. The number of nitrogens with zero attached hydrogens (tertiary/aromatic N) is 2. The summed E-state index contributed by atoms with van der Waals surface area (Å²) in [6.07, 6.45) is 1.20. The molecule has 3 N–H and O–H groups in total. The molecule has 0 unspecified atom stereocenters. The van der Waals surface area contributed by atoms with E-state index in [1.165, 1.54) is 0 Å². The van der Waals surface area contributed by atoms with Gasteiger partial charge in [0.1, 0.15) is 5.82 Å². The number of anilines is 2. The predicted molar refractivity (Wildman–Crippen MR) is 101 cm³/mol. The van der Waals surface area contributed by atoms with Gasteiger partial charge in [-0.2, -0.15) is 5.10 Å². The molecule has 1 aromatic carbocycles. The van der Waals surface area contributed by atoms with Gasteiger partial charge in [0.25, 0.3) is 0 Å². The lowest BCUT2D eigenvalue weighted by Gasteiger charge is -2.26. The summed E-state index contributed by atoms with van der Waals surface area (Å²) in [7, 11) is 0. The minimum atomic E-state index is -0.354. The summed E-state index contributed by atoms with van der Waals surface area (Å²) in [5, 5.41) is 13.0. The molecule has 0 bridgehead atoms. The van der Waals surface area contributed by atoms with Crippen LogP contribution in [0.15, 0.2) is 30.3 Å². The van der Waals surface area contributed by atoms with E-state index in [1.54, 1.807) is 0 Å². The Bertz CT molecular complexity index is 812. The van der Waals surface area contributed by atoms with Gasteiger partial charge in [0.05, 0.1) is 18.2 Å². The number of amides is 3. The predicted octanol–water partition coefficient (Wildman–Crippen LogP) is 3.44. The topological polar surface area (TPSA) is 88.0 Å². The second-order valence-electron chi connectivity index (χ2n) is 7.07. The maximum absolute atomic E-state index is 12.5. The van der Waals surface area contributed by atoms with Crippen LogP contribution in [0.5, 0.6) is 0 Å². The molecule has 26 heavy (non-hydrogen) atoms. The van der Waals surface area contributed by atoms with Crippen molar-refractivity contribution in [3.63, 3.8) is 0 Å². The van der Waals surface area contributed by atoms with Crippen LogP contribution in [-0.2, 0) is 11.3 Å². The van der Waals surface area contributed by atoms with Crippen LogP contribution in [0.2, 0.25) is 0 Å². The smallest absolute Gasteiger partial charge is 0.320 e. The maximum atomic E-state index is 12.5. The monoisotopic (exact) mass is 355 g/mol. The van der Waals surface area contributed by atoms with Crippen molar-refractivity contribution < 1.29 is 9.59 Å². The number of hydrogen-bond donors (Lipinski definition) is 3. The molecule has 7 nitrogen and oxygen atoms in total. The second kappa shape index (κ2) is 7.59. The van der Waals surface area contributed by atoms with Crippen molar-refractivity contribution in [1.82, 2.24) is 15.1 Å². The molecule has 3 amide bonds. The number of rotatable bonds is 5. The van der Waals surface area contributed by atoms with Gasteiger partial charge in [0.15, 0.2) is 0 Å². The van der Waals surface area contributed by atoms with Crippen LogP contribution in [0, 0.1) is 12.8 Å². The molecule has 0 saturated carbocycles. The van der Waals surface area contributed by atoms with Gasteiger partial charge in [0.2, 0.25) is 5.91 Å². The van der Waals surface area contributed by atoms with Crippen molar-refractivity contribution in [2.45, 2.75) is 46.2 Å². The van der Waals surface area contributed by atoms with Gasteiger partial charge in [0, 0.05) is 18.3 Å². The van der Waals surface area contributed by atoms with E-state index in [4.69, 9.17) is 0 Å². The molecular formula is C19H25N5O2. The number of nitrogens with one attached hydrogen (secondary N) is 3. The van der Waals surface area contributed by atoms with Gasteiger partial charge in [-0.05, 0) is 30.9 Å². The summed E-state index contributed by atoms with van der Waals surface area (Å²) in [6.45, 7) is 6.95. The van der Waals surface area contributed by atoms with E-state index in [9.17, 15) is 9.59 Å². The third kappa shape index (κ3) is 4.22. The number of aryl methyl sites for hydroxylation is 2. The van der Waals surface area contributed by atoms with Crippen LogP contribution in [0.1, 0.15) is 44.0 Å². The molecule has 0 radical (unpaired) electrons. The number of carbonyl (C=O) groups is 2. The zero-order valence-corrected chi connectivity index (χ0v) is 15.4. The summed E-state index contributed by atoms with van der Waals surface area (Å²) in [5.41, 5.74) is 2.50. The lowest BCUT2D eigenvalue weighted by Crippen LogP contribution is -2.37. The zero-order valence-electron chi connectivity index (χ0n) is 15.4. The van der Waals surface area contributed by atoms with Crippen molar-refractivity contribution in [2.24, 2.45) is 5.92 Å². The van der Waals surface area contributed by atoms with Crippen LogP contribution >= 0.6 is 0 Å². The van der Waals surface area contributed by atoms with Gasteiger partial charge >= 0.3 is 6.03 Å². The molecule has 2 heterocycles. The standard InChI is InChI=1S/C19H25N5O2/c1-12(2)8-9-24-17(10-13(3)23-24)22-19(26)21-16-11-18(25)20-15-7-5-4-6-14(15)16/h4-7,10,12,16H,8-9,11H2,1-3H3,(H,20,25)(H2,21,22,26)/t16-/m1/s1. The molecule has 1 aliphatic heterocycles. The Labute approximate surface area is 153 Å². The summed E-state index contributed by atoms with van der Waals surface area (Å²) in [6, 6.07) is 8.66. The Morgan fingerprint density at radius 3 is 2.92 bits per heavy atom. The molecule has 2 aromatic rings. The molecule has 138 valence electrons. The van der Waals surface area contributed by atoms with Crippen LogP contribution in [-0.4, -0.2) is 21.7 Å². The van der Waals surface area contributed by atoms with E-state index in [-0.39, 0.29) is 24.4 Å². The van der Waals surface area contributed by atoms with Crippen molar-refractivity contribution in [3.8, 4) is 0 Å². The molecule has 7 heteroatoms. The largest absolute Gasteiger partial charge is 0.330 e. The van der Waals surface area contributed by atoms with Crippen molar-refractivity contribution in [3.05, 3.63) is 41.6 Å². The van der Waals surface area contributed by atoms with E-state index >= 15 is 0 Å². The molecule has 1 aliphatic rings. The first kappa shape index (κ1) is 18.0. The number of urea groups is 1. The fourth-order valence-corrected chi connectivity index (χ4v) is 3.05. The summed E-state index contributed by atoms with van der Waals surface area (Å²) >= 11 is 0. The number of carbonyl (C=O) groups excluding carboxylic acids is 2. The van der Waals surface area contributed by atoms with E-state index in [0.29, 0.717) is 11.7 Å². The highest BCUT2D eigenvalue weighted by Crippen LogP contribution is 2.30. The molecule has 3 rings (SSSR count). The molecule has 0 saturated heterocycles. The lowest BCUT2D eigenvalue weighted by molar-refractivity contribution is -0.116. The highest BCUT2D eigenvalue weighted by molar-refractivity contribution is 5.96. The Morgan fingerprint density at radius 2 is 2.15 bits per heavy atom. The first-order valence-corrected chi connectivity index (χ1v) is 8.93. The minimum Gasteiger partial charge on any atom is -0.330 e. The quantitative estimate of drug-likeness (QED) is 0.768. The normalized spacial score (nSPS) is 16.2. The number of aromatic nitrogens is 2. The number of fused-ring (bicyclic) bond motifs is 1. The van der Waals surface area contributed by atoms with Crippen molar-refractivity contribution in [2.75, 3.05) is 10.6 Å². The van der Waals surface area contributed by atoms with Crippen molar-refractivity contribution >= 4 is 23.4 Å². The van der Waals surface area contributed by atoms with Gasteiger partial charge in [-0.15, -0.1) is 0 Å². The third-order valence-electron chi connectivity index (χ3n) is 4.37. The molecular weight excluding hydrogens is 330 g/mol. The van der Waals surface area contributed by atoms with E-state index < -0.39 is 0 Å².